The van der Waals surface area contributed by atoms with Crippen LogP contribution in [0.3, 0.4) is 0 Å². The van der Waals surface area contributed by atoms with E-state index in [1.165, 1.54) is 9.75 Å². The van der Waals surface area contributed by atoms with E-state index in [0.29, 0.717) is 26.2 Å². The highest BCUT2D eigenvalue weighted by Crippen LogP contribution is 2.17. The number of hydrogen-bond donors (Lipinski definition) is 1. The molecule has 0 atom stereocenters. The molecule has 0 spiro atoms. The van der Waals surface area contributed by atoms with Crippen LogP contribution in [0, 0.1) is 0 Å². The molecule has 7 nitrogen and oxygen atoms in total. The van der Waals surface area contributed by atoms with Gasteiger partial charge in [0.2, 0.25) is 10.0 Å². The van der Waals surface area contributed by atoms with Crippen molar-refractivity contribution in [2.75, 3.05) is 45.6 Å². The summed E-state index contributed by atoms with van der Waals surface area (Å²) in [5, 5.41) is 3.39. The fraction of sp³-hybridized carbons (Fsp3) is 0.722. The van der Waals surface area contributed by atoms with Crippen LogP contribution in [0.5, 0.6) is 0 Å². The SMILES string of the molecule is CCc1ccc(CNC(=NC)N2CCN(S(=O)(=O)CCOC(C)C)CC2)s1. The van der Waals surface area contributed by atoms with Gasteiger partial charge < -0.3 is 15.0 Å². The summed E-state index contributed by atoms with van der Waals surface area (Å²) in [7, 11) is -1.50. The van der Waals surface area contributed by atoms with Crippen molar-refractivity contribution in [1.82, 2.24) is 14.5 Å². The Labute approximate surface area is 167 Å². The molecule has 0 saturated carbocycles. The highest BCUT2D eigenvalue weighted by atomic mass is 32.2. The van der Waals surface area contributed by atoms with Crippen molar-refractivity contribution in [2.45, 2.75) is 39.8 Å². The number of piperazine rings is 1. The van der Waals surface area contributed by atoms with Crippen molar-refractivity contribution in [3.63, 3.8) is 0 Å². The maximum Gasteiger partial charge on any atom is 0.216 e. The van der Waals surface area contributed by atoms with E-state index < -0.39 is 10.0 Å². The molecule has 1 aromatic rings. The first kappa shape index (κ1) is 22.1. The minimum Gasteiger partial charge on any atom is -0.378 e. The second-order valence-corrected chi connectivity index (χ2v) is 10.1. The standard InChI is InChI=1S/C18H32N4O3S2/c1-5-16-6-7-17(26-16)14-20-18(19-4)21-8-10-22(11-9-21)27(23,24)13-12-25-15(2)3/h6-7,15H,5,8-14H2,1-4H3,(H,19,20). The van der Waals surface area contributed by atoms with Gasteiger partial charge in [0.15, 0.2) is 5.96 Å². The first-order chi connectivity index (χ1) is 12.9. The normalized spacial score (nSPS) is 16.9. The number of guanidine groups is 1. The van der Waals surface area contributed by atoms with Crippen molar-refractivity contribution in [3.8, 4) is 0 Å². The summed E-state index contributed by atoms with van der Waals surface area (Å²) in [6.07, 6.45) is 1.10. The van der Waals surface area contributed by atoms with Crippen LogP contribution in [-0.2, 0) is 27.7 Å². The van der Waals surface area contributed by atoms with Crippen molar-refractivity contribution < 1.29 is 13.2 Å². The van der Waals surface area contributed by atoms with Crippen LogP contribution < -0.4 is 5.32 Å². The zero-order valence-electron chi connectivity index (χ0n) is 16.8. The van der Waals surface area contributed by atoms with Gasteiger partial charge in [0.05, 0.1) is 25.0 Å². The fourth-order valence-corrected chi connectivity index (χ4v) is 5.08. The Balaban J connectivity index is 1.82. The van der Waals surface area contributed by atoms with E-state index in [4.69, 9.17) is 4.74 Å². The quantitative estimate of drug-likeness (QED) is 0.516. The number of hydrogen-bond acceptors (Lipinski definition) is 5. The third-order valence-electron chi connectivity index (χ3n) is 4.42. The van der Waals surface area contributed by atoms with Crippen LogP contribution in [0.15, 0.2) is 17.1 Å². The smallest absolute Gasteiger partial charge is 0.216 e. The second-order valence-electron chi connectivity index (χ2n) is 6.74. The Hall–Kier alpha value is -1.16. The van der Waals surface area contributed by atoms with Crippen molar-refractivity contribution in [3.05, 3.63) is 21.9 Å². The summed E-state index contributed by atoms with van der Waals surface area (Å²) in [6.45, 7) is 9.17. The molecule has 1 aromatic heterocycles. The lowest BCUT2D eigenvalue weighted by molar-refractivity contribution is 0.0904. The number of rotatable bonds is 8. The molecule has 0 amide bonds. The molecular weight excluding hydrogens is 384 g/mol. The zero-order valence-corrected chi connectivity index (χ0v) is 18.4. The number of ether oxygens (including phenoxy) is 1. The zero-order chi connectivity index (χ0) is 19.9. The Morgan fingerprint density at radius 1 is 1.26 bits per heavy atom. The van der Waals surface area contributed by atoms with Gasteiger partial charge in [-0.15, -0.1) is 11.3 Å². The van der Waals surface area contributed by atoms with Gasteiger partial charge >= 0.3 is 0 Å². The van der Waals surface area contributed by atoms with Gasteiger partial charge in [-0.1, -0.05) is 6.92 Å². The predicted octanol–water partition coefficient (Wildman–Crippen LogP) is 1.76. The van der Waals surface area contributed by atoms with Crippen LogP contribution in [0.1, 0.15) is 30.5 Å². The predicted molar refractivity (Wildman–Crippen MR) is 112 cm³/mol. The Bertz CT molecular complexity index is 708. The molecule has 0 unspecified atom stereocenters. The lowest BCUT2D eigenvalue weighted by Gasteiger charge is -2.35. The van der Waals surface area contributed by atoms with E-state index in [2.05, 4.69) is 34.3 Å². The van der Waals surface area contributed by atoms with Gasteiger partial charge in [-0.3, -0.25) is 4.99 Å². The lowest BCUT2D eigenvalue weighted by Crippen LogP contribution is -2.54. The average Bonchev–Trinajstić information content (AvgIpc) is 3.10. The van der Waals surface area contributed by atoms with E-state index in [9.17, 15) is 8.42 Å². The molecule has 0 aromatic carbocycles. The summed E-state index contributed by atoms with van der Waals surface area (Å²) < 4.78 is 31.8. The largest absolute Gasteiger partial charge is 0.378 e. The first-order valence-electron chi connectivity index (χ1n) is 9.48. The molecule has 9 heteroatoms. The number of sulfonamides is 1. The van der Waals surface area contributed by atoms with Crippen LogP contribution >= 0.6 is 11.3 Å². The molecule has 1 aliphatic rings. The van der Waals surface area contributed by atoms with Crippen molar-refractivity contribution in [1.29, 1.82) is 0 Å². The van der Waals surface area contributed by atoms with Crippen LogP contribution in [0.4, 0.5) is 0 Å². The molecule has 2 rings (SSSR count). The highest BCUT2D eigenvalue weighted by Gasteiger charge is 2.28. The van der Waals surface area contributed by atoms with Gasteiger partial charge in [-0.05, 0) is 32.4 Å². The Morgan fingerprint density at radius 2 is 1.93 bits per heavy atom. The average molecular weight is 417 g/mol. The van der Waals surface area contributed by atoms with Crippen molar-refractivity contribution in [2.24, 2.45) is 4.99 Å². The molecule has 27 heavy (non-hydrogen) atoms. The number of nitrogens with zero attached hydrogens (tertiary/aromatic N) is 3. The summed E-state index contributed by atoms with van der Waals surface area (Å²) in [6, 6.07) is 4.31. The second kappa shape index (κ2) is 10.4. The first-order valence-corrected chi connectivity index (χ1v) is 11.9. The van der Waals surface area contributed by atoms with E-state index in [-0.39, 0.29) is 18.5 Å². The van der Waals surface area contributed by atoms with Crippen molar-refractivity contribution >= 4 is 27.3 Å². The summed E-state index contributed by atoms with van der Waals surface area (Å²) in [5.74, 6) is 0.859. The number of thiophene rings is 1. The van der Waals surface area contributed by atoms with Crippen LogP contribution in [0.2, 0.25) is 0 Å². The van der Waals surface area contributed by atoms with E-state index in [0.717, 1.165) is 18.9 Å². The topological polar surface area (TPSA) is 74.2 Å². The van der Waals surface area contributed by atoms with Gasteiger partial charge in [-0.2, -0.15) is 4.31 Å². The third kappa shape index (κ3) is 6.74. The van der Waals surface area contributed by atoms with E-state index >= 15 is 0 Å². The van der Waals surface area contributed by atoms with Gasteiger partial charge in [0.1, 0.15) is 0 Å². The molecule has 1 saturated heterocycles. The lowest BCUT2D eigenvalue weighted by atomic mass is 10.3. The molecule has 2 heterocycles. The van der Waals surface area contributed by atoms with Gasteiger partial charge in [-0.25, -0.2) is 8.42 Å². The van der Waals surface area contributed by atoms with E-state index in [1.807, 2.05) is 25.2 Å². The number of nitrogens with one attached hydrogen (secondary N) is 1. The summed E-state index contributed by atoms with van der Waals surface area (Å²) in [5.41, 5.74) is 0. The minimum absolute atomic E-state index is 0.0380. The Morgan fingerprint density at radius 3 is 2.48 bits per heavy atom. The maximum atomic E-state index is 12.4. The van der Waals surface area contributed by atoms with Crippen LogP contribution in [-0.4, -0.2) is 75.3 Å². The number of aryl methyl sites for hydroxylation is 1. The molecule has 0 bridgehead atoms. The van der Waals surface area contributed by atoms with E-state index in [1.54, 1.807) is 11.4 Å². The molecule has 1 aliphatic heterocycles. The monoisotopic (exact) mass is 416 g/mol. The molecule has 154 valence electrons. The third-order valence-corrected chi connectivity index (χ3v) is 7.49. The molecular formula is C18H32N4O3S2. The van der Waals surface area contributed by atoms with Crippen LogP contribution in [0.25, 0.3) is 0 Å². The fourth-order valence-electron chi connectivity index (χ4n) is 2.90. The van der Waals surface area contributed by atoms with Gasteiger partial charge in [0.25, 0.3) is 0 Å². The maximum absolute atomic E-state index is 12.4. The summed E-state index contributed by atoms with van der Waals surface area (Å²) >= 11 is 1.81. The summed E-state index contributed by atoms with van der Waals surface area (Å²) in [4.78, 5) is 9.13. The van der Waals surface area contributed by atoms with Gasteiger partial charge in [0, 0.05) is 43.0 Å². The minimum atomic E-state index is -3.27. The number of aliphatic imine (C=N–C) groups is 1. The molecule has 0 aliphatic carbocycles. The molecule has 1 fully saturated rings. The Kier molecular flexibility index (Phi) is 8.53. The highest BCUT2D eigenvalue weighted by molar-refractivity contribution is 7.89. The molecule has 1 N–H and O–H groups in total. The molecule has 0 radical (unpaired) electrons.